The number of amides is 3. The van der Waals surface area contributed by atoms with E-state index in [1.54, 1.807) is 11.8 Å². The van der Waals surface area contributed by atoms with E-state index in [9.17, 15) is 9.59 Å². The van der Waals surface area contributed by atoms with E-state index in [2.05, 4.69) is 5.32 Å². The lowest BCUT2D eigenvalue weighted by molar-refractivity contribution is -0.124. The number of imide groups is 1. The minimum Gasteiger partial charge on any atom is -0.399 e. The Labute approximate surface area is 103 Å². The quantitative estimate of drug-likeness (QED) is 0.474. The number of nitrogen functional groups attached to an aromatic ring is 1. The van der Waals surface area contributed by atoms with Crippen LogP contribution >= 0.6 is 11.8 Å². The number of thioether (sulfide) groups is 1. The maximum absolute atomic E-state index is 11.3. The Bertz CT molecular complexity index is 434. The fourth-order valence-electron chi connectivity index (χ4n) is 1.54. The van der Waals surface area contributed by atoms with Gasteiger partial charge in [-0.25, -0.2) is 4.79 Å². The van der Waals surface area contributed by atoms with Gasteiger partial charge in [0.05, 0.1) is 6.54 Å². The summed E-state index contributed by atoms with van der Waals surface area (Å²) in [7, 11) is 0. The molecule has 1 aromatic rings. The number of hydrogen-bond donors (Lipinski definition) is 2. The van der Waals surface area contributed by atoms with Crippen LogP contribution in [0.5, 0.6) is 0 Å². The number of hydrogen-bond acceptors (Lipinski definition) is 4. The van der Waals surface area contributed by atoms with Crippen molar-refractivity contribution in [2.45, 2.75) is 4.90 Å². The molecule has 0 aromatic heterocycles. The van der Waals surface area contributed by atoms with Gasteiger partial charge >= 0.3 is 6.03 Å². The van der Waals surface area contributed by atoms with E-state index in [1.165, 1.54) is 4.90 Å². The van der Waals surface area contributed by atoms with E-state index in [1.807, 2.05) is 24.3 Å². The van der Waals surface area contributed by atoms with Crippen molar-refractivity contribution in [2.75, 3.05) is 24.6 Å². The highest BCUT2D eigenvalue weighted by atomic mass is 32.2. The molecule has 0 radical (unpaired) electrons. The average Bonchev–Trinajstić information content (AvgIpc) is 2.61. The third-order valence-electron chi connectivity index (χ3n) is 2.38. The summed E-state index contributed by atoms with van der Waals surface area (Å²) in [5.41, 5.74) is 6.37. The van der Waals surface area contributed by atoms with E-state index in [0.717, 1.165) is 4.90 Å². The minimum absolute atomic E-state index is 0.113. The lowest BCUT2D eigenvalue weighted by Crippen LogP contribution is -2.32. The zero-order chi connectivity index (χ0) is 12.3. The molecule has 2 rings (SSSR count). The van der Waals surface area contributed by atoms with Crippen molar-refractivity contribution in [2.24, 2.45) is 0 Å². The number of carbonyl (C=O) groups is 2. The Hall–Kier alpha value is -1.69. The Morgan fingerprint density at radius 1 is 1.41 bits per heavy atom. The molecule has 1 aromatic carbocycles. The molecule has 90 valence electrons. The van der Waals surface area contributed by atoms with Gasteiger partial charge in [0.15, 0.2) is 0 Å². The molecular formula is C11H13N3O2S. The van der Waals surface area contributed by atoms with Gasteiger partial charge in [0.1, 0.15) is 0 Å². The average molecular weight is 251 g/mol. The van der Waals surface area contributed by atoms with Crippen molar-refractivity contribution in [1.29, 1.82) is 0 Å². The summed E-state index contributed by atoms with van der Waals surface area (Å²) >= 11 is 1.57. The second-order valence-electron chi connectivity index (χ2n) is 3.63. The topological polar surface area (TPSA) is 75.4 Å². The number of anilines is 1. The van der Waals surface area contributed by atoms with Crippen molar-refractivity contribution in [1.82, 2.24) is 10.2 Å². The molecule has 0 spiro atoms. The van der Waals surface area contributed by atoms with Crippen LogP contribution in [0.1, 0.15) is 0 Å². The molecule has 1 aliphatic heterocycles. The predicted molar refractivity (Wildman–Crippen MR) is 66.7 cm³/mol. The highest BCUT2D eigenvalue weighted by Crippen LogP contribution is 2.20. The summed E-state index contributed by atoms with van der Waals surface area (Å²) < 4.78 is 0. The molecule has 3 amide bonds. The Morgan fingerprint density at radius 2 is 2.24 bits per heavy atom. The van der Waals surface area contributed by atoms with Crippen molar-refractivity contribution < 1.29 is 9.59 Å². The molecule has 5 nitrogen and oxygen atoms in total. The summed E-state index contributed by atoms with van der Waals surface area (Å²) in [6.45, 7) is 0.534. The van der Waals surface area contributed by atoms with Gasteiger partial charge in [0, 0.05) is 22.9 Å². The normalized spacial score (nSPS) is 15.2. The first-order valence-electron chi connectivity index (χ1n) is 5.23. The number of carbonyl (C=O) groups excluding carboxylic acids is 2. The summed E-state index contributed by atoms with van der Waals surface area (Å²) in [6, 6.07) is 7.22. The number of nitrogens with zero attached hydrogens (tertiary/aromatic N) is 1. The Balaban J connectivity index is 1.83. The third-order valence-corrected chi connectivity index (χ3v) is 3.35. The Morgan fingerprint density at radius 3 is 2.88 bits per heavy atom. The number of rotatable bonds is 4. The summed E-state index contributed by atoms with van der Waals surface area (Å²) in [5.74, 6) is 0.506. The van der Waals surface area contributed by atoms with Gasteiger partial charge in [0.25, 0.3) is 0 Å². The van der Waals surface area contributed by atoms with Crippen LogP contribution < -0.4 is 11.1 Å². The smallest absolute Gasteiger partial charge is 0.324 e. The number of nitrogens with one attached hydrogen (secondary N) is 1. The lowest BCUT2D eigenvalue weighted by atomic mass is 10.3. The van der Waals surface area contributed by atoms with Gasteiger partial charge < -0.3 is 11.1 Å². The Kier molecular flexibility index (Phi) is 3.53. The van der Waals surface area contributed by atoms with Crippen LogP contribution in [0.3, 0.4) is 0 Å². The van der Waals surface area contributed by atoms with E-state index in [-0.39, 0.29) is 18.5 Å². The van der Waals surface area contributed by atoms with Crippen molar-refractivity contribution in [3.63, 3.8) is 0 Å². The first kappa shape index (κ1) is 11.8. The predicted octanol–water partition coefficient (Wildman–Crippen LogP) is 0.913. The maximum atomic E-state index is 11.3. The first-order chi connectivity index (χ1) is 8.16. The molecule has 0 atom stereocenters. The lowest BCUT2D eigenvalue weighted by Gasteiger charge is -2.11. The first-order valence-corrected chi connectivity index (χ1v) is 6.22. The van der Waals surface area contributed by atoms with Gasteiger partial charge in [-0.05, 0) is 18.2 Å². The van der Waals surface area contributed by atoms with Crippen LogP contribution in [0.15, 0.2) is 29.2 Å². The molecule has 1 heterocycles. The molecule has 3 N–H and O–H groups in total. The zero-order valence-corrected chi connectivity index (χ0v) is 10.00. The summed E-state index contributed by atoms with van der Waals surface area (Å²) in [6.07, 6.45) is 0. The van der Waals surface area contributed by atoms with Gasteiger partial charge in [0.2, 0.25) is 5.91 Å². The number of benzene rings is 1. The van der Waals surface area contributed by atoms with E-state index in [0.29, 0.717) is 18.0 Å². The van der Waals surface area contributed by atoms with Gasteiger partial charge in [-0.3, -0.25) is 9.69 Å². The van der Waals surface area contributed by atoms with Crippen LogP contribution in [0, 0.1) is 0 Å². The number of urea groups is 1. The monoisotopic (exact) mass is 251 g/mol. The zero-order valence-electron chi connectivity index (χ0n) is 9.18. The standard InChI is InChI=1S/C11H13N3O2S/c12-8-2-1-3-9(6-8)17-5-4-14-10(15)7-13-11(14)16/h1-3,6H,4-5,7,12H2,(H,13,16). The maximum Gasteiger partial charge on any atom is 0.324 e. The molecule has 1 aliphatic rings. The highest BCUT2D eigenvalue weighted by molar-refractivity contribution is 7.99. The fourth-order valence-corrected chi connectivity index (χ4v) is 2.44. The second kappa shape index (κ2) is 5.09. The summed E-state index contributed by atoms with van der Waals surface area (Å²) in [5, 5.41) is 2.49. The molecule has 1 saturated heterocycles. The van der Waals surface area contributed by atoms with Gasteiger partial charge in [-0.1, -0.05) is 6.07 Å². The fraction of sp³-hybridized carbons (Fsp3) is 0.273. The SMILES string of the molecule is Nc1cccc(SCCN2C(=O)CNC2=O)c1. The minimum atomic E-state index is -0.303. The van der Waals surface area contributed by atoms with Crippen molar-refractivity contribution in [3.05, 3.63) is 24.3 Å². The largest absolute Gasteiger partial charge is 0.399 e. The molecule has 17 heavy (non-hydrogen) atoms. The van der Waals surface area contributed by atoms with Crippen LogP contribution in [0.4, 0.5) is 10.5 Å². The molecule has 6 heteroatoms. The van der Waals surface area contributed by atoms with E-state index >= 15 is 0 Å². The molecular weight excluding hydrogens is 238 g/mol. The molecule has 1 fully saturated rings. The van der Waals surface area contributed by atoms with Crippen molar-refractivity contribution >= 4 is 29.4 Å². The summed E-state index contributed by atoms with van der Waals surface area (Å²) in [4.78, 5) is 24.8. The highest BCUT2D eigenvalue weighted by Gasteiger charge is 2.27. The molecule has 0 bridgehead atoms. The van der Waals surface area contributed by atoms with Gasteiger partial charge in [-0.2, -0.15) is 0 Å². The third kappa shape index (κ3) is 2.91. The van der Waals surface area contributed by atoms with Crippen LogP contribution in [0.25, 0.3) is 0 Å². The molecule has 0 saturated carbocycles. The van der Waals surface area contributed by atoms with Crippen molar-refractivity contribution in [3.8, 4) is 0 Å². The second-order valence-corrected chi connectivity index (χ2v) is 4.79. The van der Waals surface area contributed by atoms with Crippen LogP contribution in [-0.2, 0) is 4.79 Å². The van der Waals surface area contributed by atoms with E-state index < -0.39 is 0 Å². The molecule has 0 unspecified atom stereocenters. The van der Waals surface area contributed by atoms with Crippen LogP contribution in [0.2, 0.25) is 0 Å². The van der Waals surface area contributed by atoms with Gasteiger partial charge in [-0.15, -0.1) is 11.8 Å². The molecule has 0 aliphatic carbocycles. The number of nitrogens with two attached hydrogens (primary N) is 1. The van der Waals surface area contributed by atoms with Crippen LogP contribution in [-0.4, -0.2) is 35.7 Å². The van der Waals surface area contributed by atoms with E-state index in [4.69, 9.17) is 5.73 Å².